The Morgan fingerprint density at radius 2 is 1.92 bits per heavy atom. The molecule has 7 nitrogen and oxygen atoms in total. The summed E-state index contributed by atoms with van der Waals surface area (Å²) in [5.41, 5.74) is 3.88. The molecule has 0 saturated carbocycles. The molecule has 1 unspecified atom stereocenters. The van der Waals surface area contributed by atoms with E-state index in [-0.39, 0.29) is 17.1 Å². The van der Waals surface area contributed by atoms with Crippen molar-refractivity contribution in [3.63, 3.8) is 0 Å². The number of nitrogen functional groups attached to an aromatic ring is 1. The van der Waals surface area contributed by atoms with Gasteiger partial charge >= 0.3 is 5.69 Å². The van der Waals surface area contributed by atoms with Gasteiger partial charge in [-0.05, 0) is 25.1 Å². The number of ketones is 1. The number of nitrogens with zero attached hydrogens (tertiary/aromatic N) is 2. The van der Waals surface area contributed by atoms with Crippen molar-refractivity contribution >= 4 is 27.5 Å². The van der Waals surface area contributed by atoms with Gasteiger partial charge in [0.25, 0.3) is 5.56 Å². The van der Waals surface area contributed by atoms with Crippen molar-refractivity contribution in [3.05, 3.63) is 54.9 Å². The number of ether oxygens (including phenoxy) is 1. The number of carbonyl (C=O) groups excluding carboxylic acids is 1. The first-order valence-electron chi connectivity index (χ1n) is 6.86. The Bertz CT molecular complexity index is 936. The topological polar surface area (TPSA) is 96.3 Å². The van der Waals surface area contributed by atoms with Gasteiger partial charge in [0.15, 0.2) is 17.7 Å². The largest absolute Gasteiger partial charge is 0.479 e. The highest BCUT2D eigenvalue weighted by Gasteiger charge is 2.26. The van der Waals surface area contributed by atoms with E-state index in [9.17, 15) is 18.8 Å². The number of benzene rings is 1. The van der Waals surface area contributed by atoms with Crippen LogP contribution >= 0.6 is 15.9 Å². The Hall–Kier alpha value is -2.42. The summed E-state index contributed by atoms with van der Waals surface area (Å²) in [6.07, 6.45) is -1.17. The van der Waals surface area contributed by atoms with Crippen LogP contribution in [0.4, 0.5) is 10.2 Å². The number of rotatable bonds is 4. The Balaban J connectivity index is 2.42. The summed E-state index contributed by atoms with van der Waals surface area (Å²) in [5, 5.41) is 0. The number of Topliss-reactive ketones (excluding diaryl/α,β-unsaturated/α-hetero) is 1. The van der Waals surface area contributed by atoms with Crippen LogP contribution in [-0.4, -0.2) is 21.0 Å². The van der Waals surface area contributed by atoms with Gasteiger partial charge < -0.3 is 10.5 Å². The Labute approximate surface area is 144 Å². The second-order valence-electron chi connectivity index (χ2n) is 5.17. The highest BCUT2D eigenvalue weighted by molar-refractivity contribution is 9.10. The minimum atomic E-state index is -1.17. The molecule has 1 atom stereocenters. The van der Waals surface area contributed by atoms with Crippen molar-refractivity contribution in [3.8, 4) is 5.75 Å². The van der Waals surface area contributed by atoms with Crippen LogP contribution in [-0.2, 0) is 14.1 Å². The molecular formula is C15H15BrFN3O4. The third-order valence-corrected chi connectivity index (χ3v) is 4.02. The maximum absolute atomic E-state index is 13.8. The van der Waals surface area contributed by atoms with Crippen LogP contribution < -0.4 is 21.7 Å². The summed E-state index contributed by atoms with van der Waals surface area (Å²) in [5.74, 6) is -1.81. The highest BCUT2D eigenvalue weighted by atomic mass is 79.9. The molecule has 0 amide bonds. The average molecular weight is 400 g/mol. The van der Waals surface area contributed by atoms with Crippen molar-refractivity contribution < 1.29 is 13.9 Å². The normalized spacial score (nSPS) is 12.0. The minimum Gasteiger partial charge on any atom is -0.479 e. The van der Waals surface area contributed by atoms with E-state index in [1.54, 1.807) is 6.07 Å². The average Bonchev–Trinajstić information content (AvgIpc) is 2.53. The van der Waals surface area contributed by atoms with Crippen molar-refractivity contribution in [2.45, 2.75) is 13.0 Å². The zero-order valence-electron chi connectivity index (χ0n) is 13.2. The summed E-state index contributed by atoms with van der Waals surface area (Å²) in [7, 11) is 2.58. The summed E-state index contributed by atoms with van der Waals surface area (Å²) < 4.78 is 21.4. The number of halogens is 2. The summed E-state index contributed by atoms with van der Waals surface area (Å²) in [6, 6.07) is 4.09. The maximum atomic E-state index is 13.8. The number of hydrogen-bond donors (Lipinski definition) is 1. The molecule has 0 aliphatic carbocycles. The zero-order chi connectivity index (χ0) is 18.2. The fourth-order valence-corrected chi connectivity index (χ4v) is 2.44. The first kappa shape index (κ1) is 17.9. The first-order valence-corrected chi connectivity index (χ1v) is 7.65. The smallest absolute Gasteiger partial charge is 0.332 e. The lowest BCUT2D eigenvalue weighted by Gasteiger charge is -2.16. The van der Waals surface area contributed by atoms with Crippen LogP contribution in [0.15, 0.2) is 32.3 Å². The second-order valence-corrected chi connectivity index (χ2v) is 6.08. The van der Waals surface area contributed by atoms with E-state index in [1.165, 1.54) is 33.2 Å². The summed E-state index contributed by atoms with van der Waals surface area (Å²) in [4.78, 5) is 36.5. The van der Waals surface area contributed by atoms with E-state index in [0.29, 0.717) is 4.47 Å². The molecule has 0 saturated heterocycles. The number of carbonyl (C=O) groups is 1. The SMILES string of the molecule is CC(Oc1ccc(Br)cc1F)C(=O)c1c(N)n(C)c(=O)n(C)c1=O. The minimum absolute atomic E-state index is 0.140. The fourth-order valence-electron chi connectivity index (χ4n) is 2.11. The van der Waals surface area contributed by atoms with Crippen LogP contribution in [0.5, 0.6) is 5.75 Å². The van der Waals surface area contributed by atoms with Crippen molar-refractivity contribution in [1.82, 2.24) is 9.13 Å². The van der Waals surface area contributed by atoms with E-state index in [0.717, 1.165) is 9.13 Å². The van der Waals surface area contributed by atoms with Crippen LogP contribution in [0.2, 0.25) is 0 Å². The lowest BCUT2D eigenvalue weighted by molar-refractivity contribution is 0.0810. The summed E-state index contributed by atoms with van der Waals surface area (Å²) in [6.45, 7) is 1.37. The molecule has 2 N–H and O–H groups in total. The molecule has 0 aliphatic rings. The molecule has 9 heteroatoms. The second kappa shape index (κ2) is 6.60. The number of hydrogen-bond acceptors (Lipinski definition) is 5. The van der Waals surface area contributed by atoms with Crippen molar-refractivity contribution in [2.75, 3.05) is 5.73 Å². The molecule has 128 valence electrons. The maximum Gasteiger partial charge on any atom is 0.332 e. The van der Waals surface area contributed by atoms with Gasteiger partial charge in [-0.25, -0.2) is 9.18 Å². The molecule has 0 bridgehead atoms. The molecule has 0 spiro atoms. The molecular weight excluding hydrogens is 385 g/mol. The van der Waals surface area contributed by atoms with Crippen LogP contribution in [0.25, 0.3) is 0 Å². The molecule has 0 radical (unpaired) electrons. The van der Waals surface area contributed by atoms with E-state index in [4.69, 9.17) is 10.5 Å². The molecule has 1 aromatic carbocycles. The van der Waals surface area contributed by atoms with Gasteiger partial charge in [0.2, 0.25) is 5.78 Å². The molecule has 2 rings (SSSR count). The third kappa shape index (κ3) is 3.12. The Morgan fingerprint density at radius 3 is 2.50 bits per heavy atom. The monoisotopic (exact) mass is 399 g/mol. The predicted octanol–water partition coefficient (Wildman–Crippen LogP) is 1.22. The van der Waals surface area contributed by atoms with Crippen LogP contribution in [0, 0.1) is 5.82 Å². The Kier molecular flexibility index (Phi) is 4.93. The molecule has 24 heavy (non-hydrogen) atoms. The number of anilines is 1. The van der Waals surface area contributed by atoms with Crippen molar-refractivity contribution in [1.29, 1.82) is 0 Å². The van der Waals surface area contributed by atoms with Gasteiger partial charge in [-0.3, -0.25) is 18.7 Å². The van der Waals surface area contributed by atoms with E-state index in [2.05, 4.69) is 15.9 Å². The van der Waals surface area contributed by atoms with Gasteiger partial charge in [-0.15, -0.1) is 0 Å². The Morgan fingerprint density at radius 1 is 1.29 bits per heavy atom. The van der Waals surface area contributed by atoms with Gasteiger partial charge in [0.05, 0.1) is 0 Å². The molecule has 2 aromatic rings. The number of nitrogens with two attached hydrogens (primary N) is 1. The van der Waals surface area contributed by atoms with Gasteiger partial charge in [0, 0.05) is 18.6 Å². The molecule has 0 fully saturated rings. The van der Waals surface area contributed by atoms with Crippen molar-refractivity contribution in [2.24, 2.45) is 14.1 Å². The number of aromatic nitrogens is 2. The highest BCUT2D eigenvalue weighted by Crippen LogP contribution is 2.23. The third-order valence-electron chi connectivity index (χ3n) is 3.52. The zero-order valence-corrected chi connectivity index (χ0v) is 14.8. The van der Waals surface area contributed by atoms with E-state index in [1.807, 2.05) is 0 Å². The lowest BCUT2D eigenvalue weighted by Crippen LogP contribution is -2.43. The molecule has 0 aliphatic heterocycles. The quantitative estimate of drug-likeness (QED) is 0.779. The lowest BCUT2D eigenvalue weighted by atomic mass is 10.1. The van der Waals surface area contributed by atoms with Crippen LogP contribution in [0.3, 0.4) is 0 Å². The standard InChI is InChI=1S/C15H15BrFN3O4/c1-7(24-10-5-4-8(16)6-9(10)17)12(21)11-13(18)19(2)15(23)20(3)14(11)22/h4-7H,18H2,1-3H3. The summed E-state index contributed by atoms with van der Waals surface area (Å²) >= 11 is 3.11. The molecule has 1 aromatic heterocycles. The molecule has 1 heterocycles. The fraction of sp³-hybridized carbons (Fsp3) is 0.267. The first-order chi connectivity index (χ1) is 11.1. The van der Waals surface area contributed by atoms with Gasteiger partial charge in [0.1, 0.15) is 11.4 Å². The predicted molar refractivity (Wildman–Crippen MR) is 89.9 cm³/mol. The van der Waals surface area contributed by atoms with Gasteiger partial charge in [-0.2, -0.15) is 0 Å². The van der Waals surface area contributed by atoms with Crippen LogP contribution in [0.1, 0.15) is 17.3 Å². The van der Waals surface area contributed by atoms with Gasteiger partial charge in [-0.1, -0.05) is 15.9 Å². The van der Waals surface area contributed by atoms with E-state index >= 15 is 0 Å². The van der Waals surface area contributed by atoms with E-state index < -0.39 is 29.0 Å².